The molecule has 1 aromatic carbocycles. The minimum Gasteiger partial charge on any atom is -0.479 e. The quantitative estimate of drug-likeness (QED) is 0.883. The molecule has 2 fully saturated rings. The largest absolute Gasteiger partial charge is 0.479 e. The highest BCUT2D eigenvalue weighted by Gasteiger charge is 2.47. The molecule has 122 valence electrons. The third-order valence-corrected chi connectivity index (χ3v) is 4.22. The van der Waals surface area contributed by atoms with Crippen molar-refractivity contribution in [2.24, 2.45) is 5.92 Å². The zero-order chi connectivity index (χ0) is 16.6. The van der Waals surface area contributed by atoms with Gasteiger partial charge in [-0.05, 0) is 31.0 Å². The molecule has 7 heteroatoms. The van der Waals surface area contributed by atoms with Crippen LogP contribution in [0, 0.1) is 5.92 Å². The van der Waals surface area contributed by atoms with Gasteiger partial charge in [0.15, 0.2) is 0 Å². The van der Waals surface area contributed by atoms with Crippen LogP contribution in [0.15, 0.2) is 24.3 Å². The van der Waals surface area contributed by atoms with Crippen LogP contribution in [-0.2, 0) is 9.59 Å². The van der Waals surface area contributed by atoms with E-state index in [1.165, 1.54) is 11.0 Å². The van der Waals surface area contributed by atoms with Crippen molar-refractivity contribution in [3.8, 4) is 0 Å². The number of carbonyl (C=O) groups excluding carboxylic acids is 2. The second kappa shape index (κ2) is 5.64. The van der Waals surface area contributed by atoms with E-state index in [4.69, 9.17) is 5.11 Å². The number of hydrogen-bond acceptors (Lipinski definition) is 3. The summed E-state index contributed by atoms with van der Waals surface area (Å²) < 4.78 is 14.1. The first kappa shape index (κ1) is 15.5. The summed E-state index contributed by atoms with van der Waals surface area (Å²) in [5, 5.41) is 11.6. The number of hydrogen-bond donors (Lipinski definition) is 2. The van der Waals surface area contributed by atoms with Gasteiger partial charge in [0.1, 0.15) is 0 Å². The fraction of sp³-hybridized carbons (Fsp3) is 0.438. The number of rotatable bonds is 4. The van der Waals surface area contributed by atoms with E-state index >= 15 is 0 Å². The van der Waals surface area contributed by atoms with Crippen molar-refractivity contribution in [1.82, 2.24) is 4.90 Å². The van der Waals surface area contributed by atoms with Gasteiger partial charge in [-0.3, -0.25) is 9.59 Å². The summed E-state index contributed by atoms with van der Waals surface area (Å²) in [5.74, 6) is -1.99. The maximum atomic E-state index is 14.1. The van der Waals surface area contributed by atoms with E-state index in [1.54, 1.807) is 18.2 Å². The van der Waals surface area contributed by atoms with Crippen LogP contribution in [0.25, 0.3) is 0 Å². The first-order chi connectivity index (χ1) is 10.9. The van der Waals surface area contributed by atoms with E-state index in [2.05, 4.69) is 5.32 Å². The van der Waals surface area contributed by atoms with Crippen LogP contribution in [0.2, 0.25) is 0 Å². The monoisotopic (exact) mass is 320 g/mol. The number of nitrogens with one attached hydrogen (secondary N) is 1. The average molecular weight is 320 g/mol. The molecule has 6 nitrogen and oxygen atoms in total. The number of alkyl halides is 1. The molecule has 1 aliphatic carbocycles. The third-order valence-electron chi connectivity index (χ3n) is 4.22. The Hall–Kier alpha value is -2.44. The van der Waals surface area contributed by atoms with Gasteiger partial charge in [-0.25, -0.2) is 9.18 Å². The maximum Gasteiger partial charge on any atom is 0.343 e. The molecule has 0 spiro atoms. The van der Waals surface area contributed by atoms with Crippen molar-refractivity contribution in [2.45, 2.75) is 24.9 Å². The van der Waals surface area contributed by atoms with Crippen molar-refractivity contribution < 1.29 is 23.9 Å². The first-order valence-corrected chi connectivity index (χ1v) is 7.51. The van der Waals surface area contributed by atoms with Crippen molar-refractivity contribution >= 4 is 23.5 Å². The third kappa shape index (κ3) is 3.18. The van der Waals surface area contributed by atoms with Gasteiger partial charge in [0.25, 0.3) is 5.91 Å². The van der Waals surface area contributed by atoms with Gasteiger partial charge in [0.05, 0.1) is 6.54 Å². The molecule has 2 amide bonds. The van der Waals surface area contributed by atoms with Crippen LogP contribution in [0.5, 0.6) is 0 Å². The lowest BCUT2D eigenvalue weighted by atomic mass is 10.1. The fourth-order valence-electron chi connectivity index (χ4n) is 2.62. The molecule has 0 aromatic heterocycles. The lowest BCUT2D eigenvalue weighted by molar-refractivity contribution is -0.149. The van der Waals surface area contributed by atoms with Crippen LogP contribution in [0.1, 0.15) is 29.6 Å². The number of carboxylic acids is 1. The van der Waals surface area contributed by atoms with E-state index in [-0.39, 0.29) is 24.8 Å². The van der Waals surface area contributed by atoms with Gasteiger partial charge in [-0.15, -0.1) is 0 Å². The van der Waals surface area contributed by atoms with Gasteiger partial charge in [-0.1, -0.05) is 6.07 Å². The lowest BCUT2D eigenvalue weighted by Crippen LogP contribution is -2.38. The number of aliphatic carboxylic acids is 1. The number of nitrogens with zero attached hydrogens (tertiary/aromatic N) is 1. The van der Waals surface area contributed by atoms with Crippen molar-refractivity contribution in [3.63, 3.8) is 0 Å². The summed E-state index contributed by atoms with van der Waals surface area (Å²) in [6.07, 6.45) is 1.55. The molecule has 1 saturated carbocycles. The summed E-state index contributed by atoms with van der Waals surface area (Å²) in [5.41, 5.74) is -1.57. The Balaban J connectivity index is 1.70. The highest BCUT2D eigenvalue weighted by atomic mass is 19.1. The van der Waals surface area contributed by atoms with Gasteiger partial charge < -0.3 is 15.3 Å². The average Bonchev–Trinajstić information content (AvgIpc) is 3.29. The molecule has 23 heavy (non-hydrogen) atoms. The van der Waals surface area contributed by atoms with Crippen molar-refractivity contribution in [2.75, 3.05) is 18.4 Å². The summed E-state index contributed by atoms with van der Waals surface area (Å²) in [4.78, 5) is 36.2. The number of likely N-dealkylation sites (tertiary alicyclic amines) is 1. The predicted molar refractivity (Wildman–Crippen MR) is 79.8 cm³/mol. The van der Waals surface area contributed by atoms with E-state index in [0.717, 1.165) is 12.8 Å². The van der Waals surface area contributed by atoms with E-state index < -0.39 is 24.1 Å². The zero-order valence-corrected chi connectivity index (χ0v) is 12.4. The van der Waals surface area contributed by atoms with Crippen molar-refractivity contribution in [1.29, 1.82) is 0 Å². The predicted octanol–water partition coefficient (Wildman–Crippen LogP) is 1.67. The summed E-state index contributed by atoms with van der Waals surface area (Å²) in [7, 11) is 0. The number of benzene rings is 1. The zero-order valence-electron chi connectivity index (χ0n) is 12.4. The van der Waals surface area contributed by atoms with Crippen LogP contribution < -0.4 is 5.32 Å². The fourth-order valence-corrected chi connectivity index (χ4v) is 2.62. The normalized spacial score (nSPS) is 23.6. The van der Waals surface area contributed by atoms with Crippen LogP contribution in [0.3, 0.4) is 0 Å². The standard InChI is InChI=1S/C16H17FN2O4/c17-16(15(22)23)6-7-19(9-16)14(21)11-2-1-3-12(8-11)18-13(20)10-4-5-10/h1-3,8,10H,4-7,9H2,(H,18,20)(H,22,23). The number of halogens is 1. The number of carboxylic acid groups (broad SMARTS) is 1. The highest BCUT2D eigenvalue weighted by Crippen LogP contribution is 2.30. The summed E-state index contributed by atoms with van der Waals surface area (Å²) >= 11 is 0. The van der Waals surface area contributed by atoms with E-state index in [9.17, 15) is 18.8 Å². The van der Waals surface area contributed by atoms with E-state index in [1.807, 2.05) is 0 Å². The molecular formula is C16H17FN2O4. The Morgan fingerprint density at radius 1 is 1.30 bits per heavy atom. The maximum absolute atomic E-state index is 14.1. The Morgan fingerprint density at radius 3 is 2.65 bits per heavy atom. The molecule has 2 N–H and O–H groups in total. The molecule has 1 aliphatic heterocycles. The Kier molecular flexibility index (Phi) is 3.79. The van der Waals surface area contributed by atoms with Gasteiger partial charge in [0, 0.05) is 30.1 Å². The van der Waals surface area contributed by atoms with Crippen molar-refractivity contribution in [3.05, 3.63) is 29.8 Å². The summed E-state index contributed by atoms with van der Waals surface area (Å²) in [6, 6.07) is 6.40. The molecule has 3 rings (SSSR count). The molecule has 1 aromatic rings. The highest BCUT2D eigenvalue weighted by molar-refractivity contribution is 5.98. The smallest absolute Gasteiger partial charge is 0.343 e. The van der Waals surface area contributed by atoms with Gasteiger partial charge in [-0.2, -0.15) is 0 Å². The van der Waals surface area contributed by atoms with Gasteiger partial charge in [0.2, 0.25) is 11.6 Å². The molecule has 1 atom stereocenters. The SMILES string of the molecule is O=C(Nc1cccc(C(=O)N2CCC(F)(C(=O)O)C2)c1)C1CC1. The molecule has 0 bridgehead atoms. The molecule has 1 unspecified atom stereocenters. The molecule has 1 saturated heterocycles. The Labute approximate surface area is 132 Å². The second-order valence-electron chi connectivity index (χ2n) is 6.09. The molecule has 0 radical (unpaired) electrons. The van der Waals surface area contributed by atoms with Crippen LogP contribution in [0.4, 0.5) is 10.1 Å². The van der Waals surface area contributed by atoms with Crippen LogP contribution in [-0.4, -0.2) is 46.5 Å². The van der Waals surface area contributed by atoms with Crippen LogP contribution >= 0.6 is 0 Å². The summed E-state index contributed by atoms with van der Waals surface area (Å²) in [6.45, 7) is -0.403. The second-order valence-corrected chi connectivity index (χ2v) is 6.09. The first-order valence-electron chi connectivity index (χ1n) is 7.51. The minimum absolute atomic E-state index is 0.0515. The number of amides is 2. The molecular weight excluding hydrogens is 303 g/mol. The topological polar surface area (TPSA) is 86.7 Å². The lowest BCUT2D eigenvalue weighted by Gasteiger charge is -2.18. The number of anilines is 1. The molecule has 1 heterocycles. The Bertz CT molecular complexity index is 674. The van der Waals surface area contributed by atoms with E-state index in [0.29, 0.717) is 11.3 Å². The molecule has 2 aliphatic rings. The van der Waals surface area contributed by atoms with Gasteiger partial charge >= 0.3 is 5.97 Å². The Morgan fingerprint density at radius 2 is 2.04 bits per heavy atom. The number of carbonyl (C=O) groups is 3. The minimum atomic E-state index is -2.38.